The Labute approximate surface area is 74.1 Å². The van der Waals surface area contributed by atoms with Crippen LogP contribution in [0.1, 0.15) is 20.8 Å². The van der Waals surface area contributed by atoms with E-state index in [1.54, 1.807) is 0 Å². The molecule has 0 fully saturated rings. The van der Waals surface area contributed by atoms with Crippen LogP contribution in [0.5, 0.6) is 0 Å². The predicted molar refractivity (Wildman–Crippen MR) is 49.3 cm³/mol. The van der Waals surface area contributed by atoms with Crippen LogP contribution >= 0.6 is 0 Å². The van der Waals surface area contributed by atoms with Gasteiger partial charge in [0.2, 0.25) is 5.91 Å². The van der Waals surface area contributed by atoms with E-state index in [1.807, 2.05) is 11.9 Å². The van der Waals surface area contributed by atoms with E-state index in [2.05, 4.69) is 26.2 Å². The first kappa shape index (κ1) is 11.4. The van der Waals surface area contributed by atoms with Gasteiger partial charge in [-0.25, -0.2) is 5.84 Å². The van der Waals surface area contributed by atoms with Gasteiger partial charge in [0.1, 0.15) is 0 Å². The predicted octanol–water partition coefficient (Wildman–Crippen LogP) is -0.0458. The number of hydrogen-bond acceptors (Lipinski definition) is 3. The number of nitrogens with two attached hydrogens (primary N) is 1. The largest absolute Gasteiger partial charge is 0.297 e. The van der Waals surface area contributed by atoms with E-state index in [4.69, 9.17) is 5.84 Å². The highest BCUT2D eigenvalue weighted by Gasteiger charge is 2.14. The van der Waals surface area contributed by atoms with Gasteiger partial charge in [0.05, 0.1) is 6.54 Å². The Kier molecular flexibility index (Phi) is 4.20. The van der Waals surface area contributed by atoms with E-state index < -0.39 is 0 Å². The zero-order valence-corrected chi connectivity index (χ0v) is 8.35. The maximum absolute atomic E-state index is 10.8. The van der Waals surface area contributed by atoms with E-state index in [-0.39, 0.29) is 11.3 Å². The second-order valence-corrected chi connectivity index (χ2v) is 4.30. The van der Waals surface area contributed by atoms with Crippen LogP contribution in [0.15, 0.2) is 0 Å². The Morgan fingerprint density at radius 3 is 2.33 bits per heavy atom. The van der Waals surface area contributed by atoms with Crippen molar-refractivity contribution in [3.8, 4) is 0 Å². The van der Waals surface area contributed by atoms with Crippen molar-refractivity contribution in [2.75, 3.05) is 20.1 Å². The summed E-state index contributed by atoms with van der Waals surface area (Å²) in [5, 5.41) is 0. The fourth-order valence-corrected chi connectivity index (χ4v) is 1.16. The minimum absolute atomic E-state index is 0.151. The lowest BCUT2D eigenvalue weighted by Crippen LogP contribution is -2.41. The third kappa shape index (κ3) is 6.12. The van der Waals surface area contributed by atoms with Crippen molar-refractivity contribution in [2.45, 2.75) is 20.8 Å². The van der Waals surface area contributed by atoms with Crippen molar-refractivity contribution in [1.29, 1.82) is 0 Å². The maximum Gasteiger partial charge on any atom is 0.248 e. The second-order valence-electron chi connectivity index (χ2n) is 4.30. The van der Waals surface area contributed by atoms with Crippen molar-refractivity contribution in [3.63, 3.8) is 0 Å². The first-order chi connectivity index (χ1) is 5.35. The number of rotatable bonds is 3. The van der Waals surface area contributed by atoms with Gasteiger partial charge >= 0.3 is 0 Å². The summed E-state index contributed by atoms with van der Waals surface area (Å²) in [5.41, 5.74) is 2.31. The summed E-state index contributed by atoms with van der Waals surface area (Å²) in [5.74, 6) is 4.81. The Bertz CT molecular complexity index is 151. The van der Waals surface area contributed by atoms with Crippen LogP contribution in [0.25, 0.3) is 0 Å². The summed E-state index contributed by atoms with van der Waals surface area (Å²) in [6, 6.07) is 0. The van der Waals surface area contributed by atoms with Gasteiger partial charge in [0.25, 0.3) is 0 Å². The molecule has 3 N–H and O–H groups in total. The highest BCUT2D eigenvalue weighted by molar-refractivity contribution is 5.77. The zero-order chi connectivity index (χ0) is 9.78. The Balaban J connectivity index is 3.74. The average Bonchev–Trinajstić information content (AvgIpc) is 1.82. The van der Waals surface area contributed by atoms with Gasteiger partial charge in [0, 0.05) is 6.54 Å². The Hall–Kier alpha value is -0.610. The number of carbonyl (C=O) groups is 1. The standard InChI is InChI=1S/C8H19N3O/c1-8(2,3)6-11(4)5-7(12)10-9/h5-6,9H2,1-4H3,(H,10,12). The van der Waals surface area contributed by atoms with Crippen molar-refractivity contribution in [2.24, 2.45) is 11.3 Å². The quantitative estimate of drug-likeness (QED) is 0.357. The van der Waals surface area contributed by atoms with Crippen LogP contribution in [0.3, 0.4) is 0 Å². The van der Waals surface area contributed by atoms with Gasteiger partial charge in [-0.15, -0.1) is 0 Å². The van der Waals surface area contributed by atoms with Gasteiger partial charge in [-0.05, 0) is 12.5 Å². The molecule has 0 radical (unpaired) electrons. The molecule has 0 aromatic carbocycles. The van der Waals surface area contributed by atoms with Crippen molar-refractivity contribution < 1.29 is 4.79 Å². The summed E-state index contributed by atoms with van der Waals surface area (Å²) in [4.78, 5) is 12.8. The Morgan fingerprint density at radius 2 is 2.00 bits per heavy atom. The number of hydrogen-bond donors (Lipinski definition) is 2. The number of likely N-dealkylation sites (N-methyl/N-ethyl adjacent to an activating group) is 1. The molecule has 12 heavy (non-hydrogen) atoms. The van der Waals surface area contributed by atoms with E-state index in [0.29, 0.717) is 6.54 Å². The van der Waals surface area contributed by atoms with E-state index in [9.17, 15) is 4.79 Å². The summed E-state index contributed by atoms with van der Waals surface area (Å²) >= 11 is 0. The number of hydrazine groups is 1. The fourth-order valence-electron chi connectivity index (χ4n) is 1.16. The van der Waals surface area contributed by atoms with Crippen LogP contribution < -0.4 is 11.3 Å². The lowest BCUT2D eigenvalue weighted by Gasteiger charge is -2.25. The molecule has 0 saturated heterocycles. The van der Waals surface area contributed by atoms with Gasteiger partial charge in [0.15, 0.2) is 0 Å². The normalized spacial score (nSPS) is 11.8. The van der Waals surface area contributed by atoms with Gasteiger partial charge < -0.3 is 0 Å². The number of carbonyl (C=O) groups excluding carboxylic acids is 1. The third-order valence-electron chi connectivity index (χ3n) is 1.32. The average molecular weight is 173 g/mol. The molecule has 0 aliphatic heterocycles. The molecular weight excluding hydrogens is 154 g/mol. The zero-order valence-electron chi connectivity index (χ0n) is 8.35. The molecular formula is C8H19N3O. The first-order valence-electron chi connectivity index (χ1n) is 4.03. The summed E-state index contributed by atoms with van der Waals surface area (Å²) in [7, 11) is 1.90. The smallest absolute Gasteiger partial charge is 0.248 e. The molecule has 1 amide bonds. The molecule has 0 rings (SSSR count). The van der Waals surface area contributed by atoms with Crippen LogP contribution in [-0.4, -0.2) is 30.9 Å². The molecule has 4 nitrogen and oxygen atoms in total. The van der Waals surface area contributed by atoms with Crippen molar-refractivity contribution >= 4 is 5.91 Å². The lowest BCUT2D eigenvalue weighted by molar-refractivity contribution is -0.122. The molecule has 0 atom stereocenters. The highest BCUT2D eigenvalue weighted by atomic mass is 16.2. The molecule has 0 aromatic rings. The molecule has 0 aromatic heterocycles. The van der Waals surface area contributed by atoms with Crippen LogP contribution in [0, 0.1) is 5.41 Å². The van der Waals surface area contributed by atoms with E-state index >= 15 is 0 Å². The molecule has 0 heterocycles. The molecule has 0 aliphatic rings. The van der Waals surface area contributed by atoms with Gasteiger partial charge in [-0.2, -0.15) is 0 Å². The van der Waals surface area contributed by atoms with Gasteiger partial charge in [-0.3, -0.25) is 15.1 Å². The molecule has 0 bridgehead atoms. The molecule has 4 heteroatoms. The summed E-state index contributed by atoms with van der Waals surface area (Å²) in [6.07, 6.45) is 0. The first-order valence-corrected chi connectivity index (χ1v) is 4.03. The minimum Gasteiger partial charge on any atom is -0.297 e. The maximum atomic E-state index is 10.8. The molecule has 0 aliphatic carbocycles. The Morgan fingerprint density at radius 1 is 1.50 bits per heavy atom. The van der Waals surface area contributed by atoms with Crippen molar-refractivity contribution in [3.05, 3.63) is 0 Å². The number of amides is 1. The molecule has 0 saturated carbocycles. The summed E-state index contributed by atoms with van der Waals surface area (Å²) in [6.45, 7) is 7.62. The highest BCUT2D eigenvalue weighted by Crippen LogP contribution is 2.13. The van der Waals surface area contributed by atoms with Crippen LogP contribution in [0.2, 0.25) is 0 Å². The number of nitrogens with one attached hydrogen (secondary N) is 1. The SMILES string of the molecule is CN(CC(=O)NN)CC(C)(C)C. The third-order valence-corrected chi connectivity index (χ3v) is 1.32. The van der Waals surface area contributed by atoms with Crippen LogP contribution in [-0.2, 0) is 4.79 Å². The van der Waals surface area contributed by atoms with Crippen LogP contribution in [0.4, 0.5) is 0 Å². The van der Waals surface area contributed by atoms with E-state index in [1.165, 1.54) is 0 Å². The summed E-state index contributed by atoms with van der Waals surface area (Å²) < 4.78 is 0. The topological polar surface area (TPSA) is 58.4 Å². The number of nitrogens with zero attached hydrogens (tertiary/aromatic N) is 1. The monoisotopic (exact) mass is 173 g/mol. The lowest BCUT2D eigenvalue weighted by atomic mass is 9.96. The molecule has 0 spiro atoms. The molecule has 0 unspecified atom stereocenters. The van der Waals surface area contributed by atoms with E-state index in [0.717, 1.165) is 6.54 Å². The fraction of sp³-hybridized carbons (Fsp3) is 0.875. The minimum atomic E-state index is -0.151. The molecule has 72 valence electrons. The van der Waals surface area contributed by atoms with Crippen molar-refractivity contribution in [1.82, 2.24) is 10.3 Å². The second kappa shape index (κ2) is 4.42. The van der Waals surface area contributed by atoms with Gasteiger partial charge in [-0.1, -0.05) is 20.8 Å².